The summed E-state index contributed by atoms with van der Waals surface area (Å²) in [5.74, 6) is -0.943. The molecule has 1 saturated heterocycles. The third-order valence-electron chi connectivity index (χ3n) is 4.97. The van der Waals surface area contributed by atoms with Gasteiger partial charge in [-0.3, -0.25) is 4.79 Å². The number of rotatable bonds is 7. The van der Waals surface area contributed by atoms with E-state index in [1.807, 2.05) is 6.07 Å². The van der Waals surface area contributed by atoms with Crippen molar-refractivity contribution in [2.24, 2.45) is 11.8 Å². The van der Waals surface area contributed by atoms with Gasteiger partial charge in [0.1, 0.15) is 5.56 Å². The molecular formula is C19H22N2O5S. The molecule has 1 fully saturated rings. The maximum absolute atomic E-state index is 12.3. The molecule has 1 amide bonds. The molecule has 1 aromatic carbocycles. The number of allylic oxidation sites excluding steroid dienone is 1. The van der Waals surface area contributed by atoms with E-state index in [1.54, 1.807) is 17.0 Å². The van der Waals surface area contributed by atoms with Crippen molar-refractivity contribution in [3.05, 3.63) is 41.5 Å². The van der Waals surface area contributed by atoms with Crippen LogP contribution in [0.15, 0.2) is 24.8 Å². The predicted molar refractivity (Wildman–Crippen MR) is 102 cm³/mol. The van der Waals surface area contributed by atoms with Gasteiger partial charge in [-0.2, -0.15) is 0 Å². The fraction of sp³-hybridized carbons (Fsp3) is 0.421. The summed E-state index contributed by atoms with van der Waals surface area (Å²) in [4.78, 5) is 25.8. The molecule has 2 N–H and O–H groups in total. The van der Waals surface area contributed by atoms with Crippen LogP contribution in [0.25, 0.3) is 0 Å². The molecule has 2 atom stereocenters. The third kappa shape index (κ3) is 3.95. The Bertz CT molecular complexity index is 817. The normalized spacial score (nSPS) is 20.0. The predicted octanol–water partition coefficient (Wildman–Crippen LogP) is 1.83. The number of fused-ring (bicyclic) bond motifs is 1. The summed E-state index contributed by atoms with van der Waals surface area (Å²) >= 11 is -1.50. The number of benzene rings is 1. The largest absolute Gasteiger partial charge is 0.478 e. The van der Waals surface area contributed by atoms with Crippen LogP contribution < -0.4 is 4.18 Å². The minimum atomic E-state index is -1.50. The van der Waals surface area contributed by atoms with Crippen LogP contribution in [0.5, 0.6) is 5.75 Å². The fourth-order valence-corrected chi connectivity index (χ4v) is 4.38. The highest BCUT2D eigenvalue weighted by Crippen LogP contribution is 2.34. The van der Waals surface area contributed by atoms with Crippen molar-refractivity contribution in [2.45, 2.75) is 19.3 Å². The lowest BCUT2D eigenvalue weighted by molar-refractivity contribution is -0.139. The second-order valence-corrected chi connectivity index (χ2v) is 8.03. The number of aromatic carboxylic acids is 1. The van der Waals surface area contributed by atoms with Gasteiger partial charge < -0.3 is 19.6 Å². The van der Waals surface area contributed by atoms with Gasteiger partial charge >= 0.3 is 5.97 Å². The lowest BCUT2D eigenvalue weighted by Crippen LogP contribution is -2.53. The molecule has 2 aliphatic heterocycles. The van der Waals surface area contributed by atoms with E-state index in [4.69, 9.17) is 9.59 Å². The van der Waals surface area contributed by atoms with E-state index < -0.39 is 23.0 Å². The molecule has 2 aliphatic rings. The van der Waals surface area contributed by atoms with Crippen molar-refractivity contribution in [2.75, 3.05) is 18.8 Å². The molecule has 0 aromatic heterocycles. The Labute approximate surface area is 160 Å². The molecule has 1 aromatic rings. The number of amides is 1. The number of carbonyl (C=O) groups is 2. The molecule has 0 radical (unpaired) electrons. The topological polar surface area (TPSA) is 108 Å². The van der Waals surface area contributed by atoms with E-state index in [9.17, 15) is 18.9 Å². The molecular weight excluding hydrogens is 368 g/mol. The maximum Gasteiger partial charge on any atom is 0.339 e. The molecule has 144 valence electrons. The number of nitrogens with one attached hydrogen (secondary N) is 1. The third-order valence-corrected chi connectivity index (χ3v) is 5.86. The molecule has 2 heterocycles. The van der Waals surface area contributed by atoms with Crippen LogP contribution >= 0.6 is 0 Å². The molecule has 0 bridgehead atoms. The van der Waals surface area contributed by atoms with Crippen LogP contribution in [0.3, 0.4) is 0 Å². The number of hydrogen-bond donors (Lipinski definition) is 2. The van der Waals surface area contributed by atoms with Crippen LogP contribution in [0, 0.1) is 17.2 Å². The molecule has 8 heteroatoms. The van der Waals surface area contributed by atoms with Gasteiger partial charge in [-0.1, -0.05) is 18.2 Å². The van der Waals surface area contributed by atoms with Crippen molar-refractivity contribution in [1.29, 1.82) is 5.41 Å². The molecule has 27 heavy (non-hydrogen) atoms. The molecule has 3 rings (SSSR count). The average Bonchev–Trinajstić information content (AvgIpc) is 2.60. The van der Waals surface area contributed by atoms with Gasteiger partial charge in [-0.25, -0.2) is 9.00 Å². The van der Waals surface area contributed by atoms with Crippen LogP contribution in [0.1, 0.15) is 27.9 Å². The minimum absolute atomic E-state index is 0.0781. The summed E-state index contributed by atoms with van der Waals surface area (Å²) in [5, 5.41) is 17.0. The second-order valence-electron chi connectivity index (χ2n) is 6.85. The minimum Gasteiger partial charge on any atom is -0.478 e. The Morgan fingerprint density at radius 1 is 1.44 bits per heavy atom. The van der Waals surface area contributed by atoms with Gasteiger partial charge in [-0.15, -0.1) is 6.58 Å². The number of aryl methyl sites for hydroxylation is 1. The van der Waals surface area contributed by atoms with Crippen LogP contribution in [0.2, 0.25) is 0 Å². The number of hydrogen-bond acceptors (Lipinski definition) is 5. The van der Waals surface area contributed by atoms with Crippen molar-refractivity contribution in [1.82, 2.24) is 4.90 Å². The quantitative estimate of drug-likeness (QED) is 0.545. The van der Waals surface area contributed by atoms with Gasteiger partial charge in [0.15, 0.2) is 5.75 Å². The Morgan fingerprint density at radius 3 is 2.81 bits per heavy atom. The van der Waals surface area contributed by atoms with E-state index >= 15 is 0 Å². The smallest absolute Gasteiger partial charge is 0.339 e. The first-order chi connectivity index (χ1) is 12.9. The molecule has 2 unspecified atom stereocenters. The van der Waals surface area contributed by atoms with Crippen molar-refractivity contribution in [3.8, 4) is 5.75 Å². The van der Waals surface area contributed by atoms with Gasteiger partial charge in [0, 0.05) is 19.3 Å². The molecule has 0 spiro atoms. The molecule has 7 nitrogen and oxygen atoms in total. The highest BCUT2D eigenvalue weighted by atomic mass is 32.2. The number of carbonyl (C=O) groups excluding carboxylic acids is 1. The standard InChI is InChI=1S/C19H22N2O5S/c1-2-3-15(9-20)18(22)21-10-12(11-21)8-14-5-4-13-6-7-27(25)26-17(13)16(14)19(23)24/h2,4-5,9,12,15,20H,1,3,6-8,10-11H2,(H,23,24). The summed E-state index contributed by atoms with van der Waals surface area (Å²) in [6.45, 7) is 4.67. The summed E-state index contributed by atoms with van der Waals surface area (Å²) in [7, 11) is 0. The van der Waals surface area contributed by atoms with Crippen molar-refractivity contribution < 1.29 is 23.1 Å². The fourth-order valence-electron chi connectivity index (χ4n) is 3.54. The van der Waals surface area contributed by atoms with E-state index in [-0.39, 0.29) is 23.1 Å². The molecule has 0 aliphatic carbocycles. The number of carboxylic acid groups (broad SMARTS) is 1. The van der Waals surface area contributed by atoms with Crippen LogP contribution in [-0.4, -0.2) is 51.1 Å². The average molecular weight is 390 g/mol. The highest BCUT2D eigenvalue weighted by Gasteiger charge is 2.35. The first kappa shape index (κ1) is 19.3. The number of likely N-dealkylation sites (tertiary alicyclic amines) is 1. The number of carboxylic acids is 1. The van der Waals surface area contributed by atoms with E-state index in [1.165, 1.54) is 0 Å². The lowest BCUT2D eigenvalue weighted by atomic mass is 9.87. The lowest BCUT2D eigenvalue weighted by Gasteiger charge is -2.41. The Kier molecular flexibility index (Phi) is 5.74. The van der Waals surface area contributed by atoms with Crippen molar-refractivity contribution >= 4 is 29.2 Å². The zero-order chi connectivity index (χ0) is 19.6. The Hall–Kier alpha value is -2.48. The Balaban J connectivity index is 1.71. The zero-order valence-corrected chi connectivity index (χ0v) is 15.7. The van der Waals surface area contributed by atoms with E-state index in [0.29, 0.717) is 43.7 Å². The van der Waals surface area contributed by atoms with Crippen LogP contribution in [-0.2, 0) is 28.7 Å². The first-order valence-electron chi connectivity index (χ1n) is 8.79. The summed E-state index contributed by atoms with van der Waals surface area (Å²) in [6.07, 6.45) is 4.24. The summed E-state index contributed by atoms with van der Waals surface area (Å²) < 4.78 is 17.0. The van der Waals surface area contributed by atoms with Gasteiger partial charge in [-0.05, 0) is 36.3 Å². The van der Waals surface area contributed by atoms with Crippen molar-refractivity contribution in [3.63, 3.8) is 0 Å². The number of nitrogens with zero attached hydrogens (tertiary/aromatic N) is 1. The SMILES string of the molecule is C=CCC(C=N)C(=O)N1CC(Cc2ccc3c(c2C(=O)O)OS(=O)CC3)C1. The summed E-state index contributed by atoms with van der Waals surface area (Å²) in [6, 6.07) is 3.63. The zero-order valence-electron chi connectivity index (χ0n) is 14.8. The highest BCUT2D eigenvalue weighted by molar-refractivity contribution is 7.80. The van der Waals surface area contributed by atoms with E-state index in [2.05, 4.69) is 6.58 Å². The second kappa shape index (κ2) is 8.04. The monoisotopic (exact) mass is 390 g/mol. The van der Waals surface area contributed by atoms with Gasteiger partial charge in [0.2, 0.25) is 17.0 Å². The van der Waals surface area contributed by atoms with Gasteiger partial charge in [0.05, 0.1) is 11.7 Å². The first-order valence-corrected chi connectivity index (χ1v) is 10.0. The maximum atomic E-state index is 12.3. The Morgan fingerprint density at radius 2 is 2.19 bits per heavy atom. The van der Waals surface area contributed by atoms with Crippen LogP contribution in [0.4, 0.5) is 0 Å². The summed E-state index contributed by atoms with van der Waals surface area (Å²) in [5.41, 5.74) is 1.47. The van der Waals surface area contributed by atoms with Gasteiger partial charge in [0.25, 0.3) is 0 Å². The van der Waals surface area contributed by atoms with E-state index in [0.717, 1.165) is 11.8 Å². The molecule has 0 saturated carbocycles.